The molecule has 1 N–H and O–H groups in total. The normalized spacial score (nSPS) is 12.7. The molecule has 78 valence electrons. The van der Waals surface area contributed by atoms with Gasteiger partial charge in [0.05, 0.1) is 12.3 Å². The summed E-state index contributed by atoms with van der Waals surface area (Å²) in [5.74, 6) is 0.910. The van der Waals surface area contributed by atoms with Crippen LogP contribution < -0.4 is 5.32 Å². The van der Waals surface area contributed by atoms with Gasteiger partial charge in [-0.3, -0.25) is 0 Å². The van der Waals surface area contributed by atoms with Crippen molar-refractivity contribution in [3.63, 3.8) is 0 Å². The number of rotatable bonds is 3. The van der Waals surface area contributed by atoms with Gasteiger partial charge in [-0.25, -0.2) is 9.97 Å². The third kappa shape index (κ3) is 1.89. The van der Waals surface area contributed by atoms with E-state index >= 15 is 0 Å². The number of hydrogen-bond acceptors (Lipinski definition) is 4. The average Bonchev–Trinajstić information content (AvgIpc) is 2.68. The number of aromatic nitrogens is 2. The molecular formula is C11H13N3O. The molecule has 0 saturated carbocycles. The highest BCUT2D eigenvalue weighted by atomic mass is 16.3. The van der Waals surface area contributed by atoms with Crippen LogP contribution in [0.15, 0.2) is 35.5 Å². The summed E-state index contributed by atoms with van der Waals surface area (Å²) in [4.78, 5) is 8.00. The van der Waals surface area contributed by atoms with Gasteiger partial charge in [-0.2, -0.15) is 0 Å². The van der Waals surface area contributed by atoms with Crippen LogP contribution in [-0.4, -0.2) is 17.0 Å². The Morgan fingerprint density at radius 2 is 2.07 bits per heavy atom. The molecule has 1 unspecified atom stereocenters. The number of nitrogens with one attached hydrogen (secondary N) is 1. The van der Waals surface area contributed by atoms with Crippen molar-refractivity contribution in [3.05, 3.63) is 47.9 Å². The number of nitrogens with zero attached hydrogens (tertiary/aromatic N) is 2. The molecule has 0 aromatic carbocycles. The minimum Gasteiger partial charge on any atom is -0.467 e. The van der Waals surface area contributed by atoms with Crippen molar-refractivity contribution >= 4 is 0 Å². The van der Waals surface area contributed by atoms with E-state index in [0.717, 1.165) is 16.9 Å². The molecule has 0 aliphatic heterocycles. The first kappa shape index (κ1) is 9.86. The van der Waals surface area contributed by atoms with Crippen LogP contribution in [0.25, 0.3) is 0 Å². The first-order valence-electron chi connectivity index (χ1n) is 4.79. The van der Waals surface area contributed by atoms with Gasteiger partial charge in [-0.15, -0.1) is 0 Å². The summed E-state index contributed by atoms with van der Waals surface area (Å²) in [6, 6.07) is 1.96. The maximum Gasteiger partial charge on any atom is 0.128 e. The SMILES string of the molecule is CNC(c1cncnc1)c1occc1C. The van der Waals surface area contributed by atoms with Gasteiger partial charge in [-0.05, 0) is 25.6 Å². The number of furan rings is 1. The zero-order chi connectivity index (χ0) is 10.7. The summed E-state index contributed by atoms with van der Waals surface area (Å²) in [5.41, 5.74) is 2.12. The predicted octanol–water partition coefficient (Wildman–Crippen LogP) is 1.69. The second-order valence-electron chi connectivity index (χ2n) is 3.36. The third-order valence-corrected chi connectivity index (χ3v) is 2.37. The molecule has 0 amide bonds. The van der Waals surface area contributed by atoms with Gasteiger partial charge in [0, 0.05) is 18.0 Å². The second-order valence-corrected chi connectivity index (χ2v) is 3.36. The van der Waals surface area contributed by atoms with Crippen LogP contribution in [0.2, 0.25) is 0 Å². The Bertz CT molecular complexity index is 424. The monoisotopic (exact) mass is 203 g/mol. The van der Waals surface area contributed by atoms with Gasteiger partial charge in [0.2, 0.25) is 0 Å². The maximum atomic E-state index is 5.45. The lowest BCUT2D eigenvalue weighted by Gasteiger charge is -2.13. The van der Waals surface area contributed by atoms with Crippen molar-refractivity contribution in [2.24, 2.45) is 0 Å². The van der Waals surface area contributed by atoms with Crippen LogP contribution in [0.1, 0.15) is 22.9 Å². The Hall–Kier alpha value is -1.68. The lowest BCUT2D eigenvalue weighted by molar-refractivity contribution is 0.459. The van der Waals surface area contributed by atoms with Gasteiger partial charge in [0.15, 0.2) is 0 Å². The minimum absolute atomic E-state index is 0.0150. The van der Waals surface area contributed by atoms with Gasteiger partial charge in [0.25, 0.3) is 0 Å². The summed E-state index contributed by atoms with van der Waals surface area (Å²) in [6.07, 6.45) is 6.79. The van der Waals surface area contributed by atoms with Crippen molar-refractivity contribution in [2.75, 3.05) is 7.05 Å². The van der Waals surface area contributed by atoms with E-state index in [9.17, 15) is 0 Å². The first-order chi connectivity index (χ1) is 7.33. The Morgan fingerprint density at radius 1 is 1.33 bits per heavy atom. The van der Waals surface area contributed by atoms with Gasteiger partial charge >= 0.3 is 0 Å². The van der Waals surface area contributed by atoms with E-state index in [0.29, 0.717) is 0 Å². The van der Waals surface area contributed by atoms with E-state index in [1.807, 2.05) is 20.0 Å². The largest absolute Gasteiger partial charge is 0.467 e. The maximum absolute atomic E-state index is 5.45. The molecule has 15 heavy (non-hydrogen) atoms. The Labute approximate surface area is 88.4 Å². The fraction of sp³-hybridized carbons (Fsp3) is 0.273. The first-order valence-corrected chi connectivity index (χ1v) is 4.79. The summed E-state index contributed by atoms with van der Waals surface area (Å²) >= 11 is 0. The predicted molar refractivity (Wildman–Crippen MR) is 56.4 cm³/mol. The highest BCUT2D eigenvalue weighted by Crippen LogP contribution is 2.23. The second kappa shape index (κ2) is 4.23. The number of aryl methyl sites for hydroxylation is 1. The van der Waals surface area contributed by atoms with E-state index in [-0.39, 0.29) is 6.04 Å². The zero-order valence-electron chi connectivity index (χ0n) is 8.77. The summed E-state index contributed by atoms with van der Waals surface area (Å²) in [5, 5.41) is 3.19. The quantitative estimate of drug-likeness (QED) is 0.824. The van der Waals surface area contributed by atoms with Gasteiger partial charge < -0.3 is 9.73 Å². The molecule has 0 aliphatic rings. The molecule has 4 heteroatoms. The molecule has 0 spiro atoms. The summed E-state index contributed by atoms with van der Waals surface area (Å²) in [6.45, 7) is 2.02. The molecule has 0 bridgehead atoms. The van der Waals surface area contributed by atoms with Crippen molar-refractivity contribution in [2.45, 2.75) is 13.0 Å². The molecule has 2 heterocycles. The lowest BCUT2D eigenvalue weighted by atomic mass is 10.1. The molecule has 2 aromatic rings. The topological polar surface area (TPSA) is 51.0 Å². The van der Waals surface area contributed by atoms with Crippen molar-refractivity contribution in [1.82, 2.24) is 15.3 Å². The van der Waals surface area contributed by atoms with Crippen molar-refractivity contribution in [3.8, 4) is 0 Å². The van der Waals surface area contributed by atoms with Crippen LogP contribution >= 0.6 is 0 Å². The van der Waals surface area contributed by atoms with Crippen LogP contribution in [0.5, 0.6) is 0 Å². The van der Waals surface area contributed by atoms with Crippen molar-refractivity contribution < 1.29 is 4.42 Å². The van der Waals surface area contributed by atoms with Crippen LogP contribution in [0.3, 0.4) is 0 Å². The molecule has 0 fully saturated rings. The Kier molecular flexibility index (Phi) is 2.78. The minimum atomic E-state index is 0.0150. The Morgan fingerprint density at radius 3 is 2.60 bits per heavy atom. The average molecular weight is 203 g/mol. The highest BCUT2D eigenvalue weighted by Gasteiger charge is 2.17. The van der Waals surface area contributed by atoms with Crippen LogP contribution in [0.4, 0.5) is 0 Å². The standard InChI is InChI=1S/C11H13N3O/c1-8-3-4-15-11(8)10(12-2)9-5-13-7-14-6-9/h3-7,10,12H,1-2H3. The van der Waals surface area contributed by atoms with Gasteiger partial charge in [-0.1, -0.05) is 0 Å². The Balaban J connectivity index is 2.37. The molecule has 2 rings (SSSR count). The molecular weight excluding hydrogens is 190 g/mol. The van der Waals surface area contributed by atoms with Crippen LogP contribution in [0, 0.1) is 6.92 Å². The lowest BCUT2D eigenvalue weighted by Crippen LogP contribution is -2.18. The van der Waals surface area contributed by atoms with Crippen molar-refractivity contribution in [1.29, 1.82) is 0 Å². The smallest absolute Gasteiger partial charge is 0.128 e. The molecule has 0 saturated heterocycles. The highest BCUT2D eigenvalue weighted by molar-refractivity contribution is 5.27. The summed E-state index contributed by atoms with van der Waals surface area (Å²) < 4.78 is 5.45. The molecule has 1 atom stereocenters. The molecule has 0 aliphatic carbocycles. The van der Waals surface area contributed by atoms with Crippen LogP contribution in [-0.2, 0) is 0 Å². The molecule has 2 aromatic heterocycles. The van der Waals surface area contributed by atoms with E-state index < -0.39 is 0 Å². The number of hydrogen-bond donors (Lipinski definition) is 1. The van der Waals surface area contributed by atoms with E-state index in [1.54, 1.807) is 18.7 Å². The van der Waals surface area contributed by atoms with Gasteiger partial charge in [0.1, 0.15) is 12.1 Å². The van der Waals surface area contributed by atoms with E-state index in [1.165, 1.54) is 6.33 Å². The van der Waals surface area contributed by atoms with E-state index in [2.05, 4.69) is 15.3 Å². The zero-order valence-corrected chi connectivity index (χ0v) is 8.77. The third-order valence-electron chi connectivity index (χ3n) is 2.37. The molecule has 0 radical (unpaired) electrons. The fourth-order valence-corrected chi connectivity index (χ4v) is 1.59. The fourth-order valence-electron chi connectivity index (χ4n) is 1.59. The summed E-state index contributed by atoms with van der Waals surface area (Å²) in [7, 11) is 1.89. The van der Waals surface area contributed by atoms with E-state index in [4.69, 9.17) is 4.42 Å². The molecule has 4 nitrogen and oxygen atoms in total.